The zero-order valence-electron chi connectivity index (χ0n) is 13.2. The van der Waals surface area contributed by atoms with E-state index in [4.69, 9.17) is 9.84 Å². The van der Waals surface area contributed by atoms with Gasteiger partial charge in [0.2, 0.25) is 5.75 Å². The van der Waals surface area contributed by atoms with E-state index in [1.165, 1.54) is 36.4 Å². The van der Waals surface area contributed by atoms with Gasteiger partial charge in [-0.2, -0.15) is 0 Å². The highest BCUT2D eigenvalue weighted by Crippen LogP contribution is 2.32. The van der Waals surface area contributed by atoms with Gasteiger partial charge in [0.15, 0.2) is 0 Å². The number of hydrogen-bond donors (Lipinski definition) is 2. The molecule has 24 heavy (non-hydrogen) atoms. The number of ether oxygens (including phenoxy) is 1. The Morgan fingerprint density at radius 3 is 2.62 bits per heavy atom. The third-order valence-corrected chi connectivity index (χ3v) is 3.48. The van der Waals surface area contributed by atoms with Gasteiger partial charge in [0, 0.05) is 25.3 Å². The van der Waals surface area contributed by atoms with E-state index in [0.717, 1.165) is 5.56 Å². The van der Waals surface area contributed by atoms with E-state index in [1.54, 1.807) is 6.07 Å². The Kier molecular flexibility index (Phi) is 6.22. The second-order valence-corrected chi connectivity index (χ2v) is 5.41. The summed E-state index contributed by atoms with van der Waals surface area (Å²) in [7, 11) is 0. The number of aliphatic hydroxyl groups excluding tert-OH is 1. The molecular formula is C17H19FN2O4. The first-order chi connectivity index (χ1) is 11.5. The average molecular weight is 334 g/mol. The molecule has 0 aliphatic carbocycles. The standard InChI is InChI=1S/C17H19FN2O4/c1-12(8-9-21)19-11-13-2-7-17(16(10-13)20(22)23)24-15-5-3-14(18)4-6-15/h2-7,10,12,19,21H,8-9,11H2,1H3. The number of nitrogens with one attached hydrogen (secondary N) is 1. The van der Waals surface area contributed by atoms with Crippen molar-refractivity contribution < 1.29 is 19.2 Å². The molecule has 128 valence electrons. The lowest BCUT2D eigenvalue weighted by molar-refractivity contribution is -0.385. The van der Waals surface area contributed by atoms with Crippen molar-refractivity contribution in [3.63, 3.8) is 0 Å². The van der Waals surface area contributed by atoms with Crippen molar-refractivity contribution in [3.05, 3.63) is 64.0 Å². The molecule has 0 heterocycles. The molecule has 1 atom stereocenters. The average Bonchev–Trinajstić information content (AvgIpc) is 2.56. The van der Waals surface area contributed by atoms with Crippen molar-refractivity contribution >= 4 is 5.69 Å². The number of rotatable bonds is 8. The monoisotopic (exact) mass is 334 g/mol. The smallest absolute Gasteiger partial charge is 0.311 e. The molecule has 1 unspecified atom stereocenters. The molecule has 2 rings (SSSR count). The molecule has 2 aromatic carbocycles. The number of halogens is 1. The normalized spacial score (nSPS) is 12.0. The molecule has 0 amide bonds. The molecule has 2 aromatic rings. The molecule has 7 heteroatoms. The van der Waals surface area contributed by atoms with Crippen LogP contribution in [0.3, 0.4) is 0 Å². The summed E-state index contributed by atoms with van der Waals surface area (Å²) in [4.78, 5) is 10.8. The lowest BCUT2D eigenvalue weighted by atomic mass is 10.1. The summed E-state index contributed by atoms with van der Waals surface area (Å²) < 4.78 is 18.4. The van der Waals surface area contributed by atoms with Crippen molar-refractivity contribution in [1.82, 2.24) is 5.32 Å². The largest absolute Gasteiger partial charge is 0.450 e. The van der Waals surface area contributed by atoms with Crippen LogP contribution in [0.2, 0.25) is 0 Å². The molecule has 0 bridgehead atoms. The highest BCUT2D eigenvalue weighted by Gasteiger charge is 2.17. The van der Waals surface area contributed by atoms with Crippen LogP contribution in [0.15, 0.2) is 42.5 Å². The number of hydrogen-bond acceptors (Lipinski definition) is 5. The van der Waals surface area contributed by atoms with Crippen molar-refractivity contribution in [2.45, 2.75) is 25.9 Å². The Labute approximate surface area is 139 Å². The Morgan fingerprint density at radius 1 is 1.29 bits per heavy atom. The fourth-order valence-electron chi connectivity index (χ4n) is 2.12. The summed E-state index contributed by atoms with van der Waals surface area (Å²) >= 11 is 0. The number of nitro groups is 1. The molecule has 0 radical (unpaired) electrons. The van der Waals surface area contributed by atoms with Gasteiger partial charge in [-0.05, 0) is 49.2 Å². The number of nitrogens with zero attached hydrogens (tertiary/aromatic N) is 1. The fourth-order valence-corrected chi connectivity index (χ4v) is 2.12. The first kappa shape index (κ1) is 17.8. The highest BCUT2D eigenvalue weighted by molar-refractivity contribution is 5.50. The van der Waals surface area contributed by atoms with Gasteiger partial charge in [0.05, 0.1) is 4.92 Å². The minimum absolute atomic E-state index is 0.0821. The minimum atomic E-state index is -0.514. The zero-order valence-corrected chi connectivity index (χ0v) is 13.2. The summed E-state index contributed by atoms with van der Waals surface area (Å²) in [5.74, 6) is 0.0102. The maximum absolute atomic E-state index is 12.9. The third-order valence-electron chi connectivity index (χ3n) is 3.48. The van der Waals surface area contributed by atoms with Gasteiger partial charge in [-0.25, -0.2) is 4.39 Å². The summed E-state index contributed by atoms with van der Waals surface area (Å²) in [6.07, 6.45) is 0.605. The van der Waals surface area contributed by atoms with Crippen LogP contribution in [-0.4, -0.2) is 22.7 Å². The van der Waals surface area contributed by atoms with Crippen LogP contribution < -0.4 is 10.1 Å². The number of nitro benzene ring substituents is 1. The summed E-state index contributed by atoms with van der Waals surface area (Å²) in [6, 6.07) is 10.1. The van der Waals surface area contributed by atoms with Gasteiger partial charge in [-0.3, -0.25) is 10.1 Å². The first-order valence-corrected chi connectivity index (χ1v) is 7.54. The van der Waals surface area contributed by atoms with E-state index in [0.29, 0.717) is 18.7 Å². The Morgan fingerprint density at radius 2 is 2.00 bits per heavy atom. The van der Waals surface area contributed by atoms with Crippen LogP contribution in [0, 0.1) is 15.9 Å². The van der Waals surface area contributed by atoms with Crippen molar-refractivity contribution in [2.24, 2.45) is 0 Å². The lowest BCUT2D eigenvalue weighted by Crippen LogP contribution is -2.26. The van der Waals surface area contributed by atoms with E-state index in [-0.39, 0.29) is 24.1 Å². The van der Waals surface area contributed by atoms with Crippen LogP contribution in [0.1, 0.15) is 18.9 Å². The zero-order chi connectivity index (χ0) is 17.5. The molecule has 0 fully saturated rings. The van der Waals surface area contributed by atoms with E-state index in [2.05, 4.69) is 5.32 Å². The molecule has 2 N–H and O–H groups in total. The Bertz CT molecular complexity index is 691. The summed E-state index contributed by atoms with van der Waals surface area (Å²) in [6.45, 7) is 2.45. The molecule has 0 aliphatic rings. The van der Waals surface area contributed by atoms with Crippen LogP contribution >= 0.6 is 0 Å². The Hall–Kier alpha value is -2.51. The molecule has 0 saturated heterocycles. The van der Waals surface area contributed by atoms with Gasteiger partial charge >= 0.3 is 5.69 Å². The maximum atomic E-state index is 12.9. The van der Waals surface area contributed by atoms with Gasteiger partial charge in [-0.1, -0.05) is 6.07 Å². The van der Waals surface area contributed by atoms with E-state index in [9.17, 15) is 14.5 Å². The minimum Gasteiger partial charge on any atom is -0.450 e. The van der Waals surface area contributed by atoms with Gasteiger partial charge in [0.25, 0.3) is 0 Å². The van der Waals surface area contributed by atoms with Gasteiger partial charge in [0.1, 0.15) is 11.6 Å². The lowest BCUT2D eigenvalue weighted by Gasteiger charge is -2.13. The van der Waals surface area contributed by atoms with Crippen LogP contribution in [0.5, 0.6) is 11.5 Å². The van der Waals surface area contributed by atoms with Crippen molar-refractivity contribution in [3.8, 4) is 11.5 Å². The van der Waals surface area contributed by atoms with E-state index < -0.39 is 10.7 Å². The predicted octanol–water partition coefficient (Wildman–Crippen LogP) is 3.39. The van der Waals surface area contributed by atoms with Gasteiger partial charge < -0.3 is 15.2 Å². The van der Waals surface area contributed by atoms with Crippen LogP contribution in [0.4, 0.5) is 10.1 Å². The number of aliphatic hydroxyl groups is 1. The maximum Gasteiger partial charge on any atom is 0.311 e. The topological polar surface area (TPSA) is 84.6 Å². The quantitative estimate of drug-likeness (QED) is 0.571. The summed E-state index contributed by atoms with van der Waals surface area (Å²) in [5, 5.41) is 23.3. The van der Waals surface area contributed by atoms with E-state index in [1.807, 2.05) is 6.92 Å². The van der Waals surface area contributed by atoms with Crippen molar-refractivity contribution in [1.29, 1.82) is 0 Å². The van der Waals surface area contributed by atoms with Gasteiger partial charge in [-0.15, -0.1) is 0 Å². The molecule has 0 spiro atoms. The van der Waals surface area contributed by atoms with Crippen molar-refractivity contribution in [2.75, 3.05) is 6.61 Å². The predicted molar refractivity (Wildman–Crippen MR) is 87.6 cm³/mol. The fraction of sp³-hybridized carbons (Fsp3) is 0.294. The first-order valence-electron chi connectivity index (χ1n) is 7.54. The molecule has 0 saturated carbocycles. The van der Waals surface area contributed by atoms with Crippen LogP contribution in [-0.2, 0) is 6.54 Å². The highest BCUT2D eigenvalue weighted by atomic mass is 19.1. The summed E-state index contributed by atoms with van der Waals surface area (Å²) in [5.41, 5.74) is 0.575. The van der Waals surface area contributed by atoms with Crippen LogP contribution in [0.25, 0.3) is 0 Å². The van der Waals surface area contributed by atoms with E-state index >= 15 is 0 Å². The molecular weight excluding hydrogens is 315 g/mol. The molecule has 0 aliphatic heterocycles. The Balaban J connectivity index is 2.14. The second kappa shape index (κ2) is 8.37. The molecule has 0 aromatic heterocycles. The SMILES string of the molecule is CC(CCO)NCc1ccc(Oc2ccc(F)cc2)c([N+](=O)[O-])c1. The number of benzene rings is 2. The third kappa shape index (κ3) is 5.00. The molecule has 6 nitrogen and oxygen atoms in total. The second-order valence-electron chi connectivity index (χ2n) is 5.41.